The Balaban J connectivity index is 2.21. The number of carbonyl (C=O) groups excluding carboxylic acids is 2. The molecule has 1 fully saturated rings. The summed E-state index contributed by atoms with van der Waals surface area (Å²) in [7, 11) is 0. The zero-order valence-corrected chi connectivity index (χ0v) is 13.1. The van der Waals surface area contributed by atoms with E-state index in [-0.39, 0.29) is 17.8 Å². The van der Waals surface area contributed by atoms with Crippen LogP contribution in [-0.4, -0.2) is 48.8 Å². The molecule has 1 aliphatic carbocycles. The fourth-order valence-electron chi connectivity index (χ4n) is 2.64. The lowest BCUT2D eigenvalue weighted by Crippen LogP contribution is -2.45. The molecule has 0 saturated heterocycles. The van der Waals surface area contributed by atoms with E-state index in [9.17, 15) is 14.7 Å². The third kappa shape index (κ3) is 6.44. The zero-order chi connectivity index (χ0) is 15.7. The normalized spacial score (nSPS) is 25.4. The van der Waals surface area contributed by atoms with Crippen LogP contribution < -0.4 is 10.6 Å². The molecule has 1 aliphatic rings. The molecule has 0 aromatic rings. The Morgan fingerprint density at radius 2 is 1.95 bits per heavy atom. The third-order valence-corrected chi connectivity index (χ3v) is 3.89. The molecule has 21 heavy (non-hydrogen) atoms. The number of amides is 1. The Morgan fingerprint density at radius 1 is 1.29 bits per heavy atom. The van der Waals surface area contributed by atoms with Crippen molar-refractivity contribution in [1.82, 2.24) is 10.6 Å². The van der Waals surface area contributed by atoms with Gasteiger partial charge in [0.2, 0.25) is 5.91 Å². The van der Waals surface area contributed by atoms with Gasteiger partial charge in [-0.05, 0) is 39.5 Å². The van der Waals surface area contributed by atoms with E-state index in [1.807, 2.05) is 6.92 Å². The molecule has 0 aromatic heterocycles. The van der Waals surface area contributed by atoms with Crippen LogP contribution in [0, 0.1) is 5.92 Å². The second kappa shape index (κ2) is 9.00. The van der Waals surface area contributed by atoms with E-state index < -0.39 is 5.60 Å². The highest BCUT2D eigenvalue weighted by atomic mass is 16.5. The Morgan fingerprint density at radius 3 is 2.52 bits per heavy atom. The van der Waals surface area contributed by atoms with Gasteiger partial charge in [0.05, 0.1) is 18.1 Å². The SMILES string of the molecule is CCNC(=O)CCNCC1(O)CCC(C(=O)OCC)CC1. The molecule has 0 aromatic carbocycles. The van der Waals surface area contributed by atoms with Crippen LogP contribution in [0.2, 0.25) is 0 Å². The lowest BCUT2D eigenvalue weighted by atomic mass is 9.79. The van der Waals surface area contributed by atoms with Crippen molar-refractivity contribution < 1.29 is 19.4 Å². The molecule has 3 N–H and O–H groups in total. The monoisotopic (exact) mass is 300 g/mol. The maximum Gasteiger partial charge on any atom is 0.308 e. The summed E-state index contributed by atoms with van der Waals surface area (Å²) in [5.74, 6) is -0.215. The average Bonchev–Trinajstić information content (AvgIpc) is 2.45. The summed E-state index contributed by atoms with van der Waals surface area (Å²) in [6, 6.07) is 0. The first-order valence-electron chi connectivity index (χ1n) is 7.87. The molecule has 0 atom stereocenters. The highest BCUT2D eigenvalue weighted by Gasteiger charge is 2.35. The predicted molar refractivity (Wildman–Crippen MR) is 79.7 cm³/mol. The van der Waals surface area contributed by atoms with Crippen molar-refractivity contribution >= 4 is 11.9 Å². The van der Waals surface area contributed by atoms with Crippen molar-refractivity contribution in [3.8, 4) is 0 Å². The molecule has 1 rings (SSSR count). The Hall–Kier alpha value is -1.14. The van der Waals surface area contributed by atoms with Crippen molar-refractivity contribution in [2.24, 2.45) is 5.92 Å². The Bertz CT molecular complexity index is 339. The van der Waals surface area contributed by atoms with Crippen LogP contribution in [0.25, 0.3) is 0 Å². The summed E-state index contributed by atoms with van der Waals surface area (Å²) in [4.78, 5) is 22.9. The largest absolute Gasteiger partial charge is 0.466 e. The minimum Gasteiger partial charge on any atom is -0.466 e. The number of ether oxygens (including phenoxy) is 1. The summed E-state index contributed by atoms with van der Waals surface area (Å²) >= 11 is 0. The molecule has 6 heteroatoms. The number of rotatable bonds is 8. The number of hydrogen-bond acceptors (Lipinski definition) is 5. The van der Waals surface area contributed by atoms with Gasteiger partial charge in [-0.1, -0.05) is 0 Å². The van der Waals surface area contributed by atoms with Gasteiger partial charge in [0, 0.05) is 26.1 Å². The van der Waals surface area contributed by atoms with Gasteiger partial charge in [0.15, 0.2) is 0 Å². The third-order valence-electron chi connectivity index (χ3n) is 3.89. The van der Waals surface area contributed by atoms with E-state index >= 15 is 0 Å². The Labute approximate surface area is 126 Å². The van der Waals surface area contributed by atoms with Gasteiger partial charge in [0.1, 0.15) is 0 Å². The van der Waals surface area contributed by atoms with Crippen molar-refractivity contribution in [2.45, 2.75) is 51.6 Å². The van der Waals surface area contributed by atoms with Crippen molar-refractivity contribution in [3.05, 3.63) is 0 Å². The van der Waals surface area contributed by atoms with Crippen LogP contribution >= 0.6 is 0 Å². The van der Waals surface area contributed by atoms with Gasteiger partial charge in [0.25, 0.3) is 0 Å². The highest BCUT2D eigenvalue weighted by Crippen LogP contribution is 2.32. The first-order chi connectivity index (χ1) is 10.0. The average molecular weight is 300 g/mol. The summed E-state index contributed by atoms with van der Waals surface area (Å²) in [6.07, 6.45) is 2.91. The minimum absolute atomic E-state index is 0.0167. The standard InChI is InChI=1S/C15H28N2O4/c1-3-17-13(18)7-10-16-11-15(20)8-5-12(6-9-15)14(19)21-4-2/h12,16,20H,3-11H2,1-2H3,(H,17,18). The molecular weight excluding hydrogens is 272 g/mol. The van der Waals surface area contributed by atoms with Gasteiger partial charge in [-0.25, -0.2) is 0 Å². The van der Waals surface area contributed by atoms with E-state index in [1.54, 1.807) is 6.92 Å². The predicted octanol–water partition coefficient (Wildman–Crippen LogP) is 0.587. The maximum atomic E-state index is 11.6. The molecule has 0 heterocycles. The van der Waals surface area contributed by atoms with Gasteiger partial charge in [-0.3, -0.25) is 9.59 Å². The van der Waals surface area contributed by atoms with Gasteiger partial charge >= 0.3 is 5.97 Å². The number of carbonyl (C=O) groups is 2. The molecule has 0 radical (unpaired) electrons. The van der Waals surface area contributed by atoms with Crippen LogP contribution in [0.3, 0.4) is 0 Å². The minimum atomic E-state index is -0.774. The summed E-state index contributed by atoms with van der Waals surface area (Å²) < 4.78 is 5.02. The molecule has 1 saturated carbocycles. The van der Waals surface area contributed by atoms with Crippen molar-refractivity contribution in [1.29, 1.82) is 0 Å². The van der Waals surface area contributed by atoms with Gasteiger partial charge in [-0.15, -0.1) is 0 Å². The molecular formula is C15H28N2O4. The fraction of sp³-hybridized carbons (Fsp3) is 0.867. The molecule has 6 nitrogen and oxygen atoms in total. The number of esters is 1. The van der Waals surface area contributed by atoms with Crippen LogP contribution in [0.4, 0.5) is 0 Å². The Kier molecular flexibility index (Phi) is 7.67. The van der Waals surface area contributed by atoms with Gasteiger partial charge in [-0.2, -0.15) is 0 Å². The van der Waals surface area contributed by atoms with E-state index in [1.165, 1.54) is 0 Å². The molecule has 0 bridgehead atoms. The number of hydrogen-bond donors (Lipinski definition) is 3. The fourth-order valence-corrected chi connectivity index (χ4v) is 2.64. The molecule has 1 amide bonds. The smallest absolute Gasteiger partial charge is 0.308 e. The first kappa shape index (κ1) is 17.9. The van der Waals surface area contributed by atoms with Gasteiger partial charge < -0.3 is 20.5 Å². The van der Waals surface area contributed by atoms with Crippen LogP contribution in [0.5, 0.6) is 0 Å². The lowest BCUT2D eigenvalue weighted by molar-refractivity contribution is -0.151. The molecule has 0 unspecified atom stereocenters. The van der Waals surface area contributed by atoms with E-state index in [2.05, 4.69) is 10.6 Å². The topological polar surface area (TPSA) is 87.7 Å². The summed E-state index contributed by atoms with van der Waals surface area (Å²) in [5, 5.41) is 16.3. The second-order valence-corrected chi connectivity index (χ2v) is 5.63. The van der Waals surface area contributed by atoms with Crippen molar-refractivity contribution in [3.63, 3.8) is 0 Å². The molecule has 122 valence electrons. The zero-order valence-electron chi connectivity index (χ0n) is 13.1. The second-order valence-electron chi connectivity index (χ2n) is 5.63. The van der Waals surface area contributed by atoms with E-state index in [0.29, 0.717) is 58.3 Å². The quantitative estimate of drug-likeness (QED) is 0.451. The highest BCUT2D eigenvalue weighted by molar-refractivity contribution is 5.75. The van der Waals surface area contributed by atoms with E-state index in [0.717, 1.165) is 0 Å². The van der Waals surface area contributed by atoms with Crippen LogP contribution in [0.1, 0.15) is 46.0 Å². The van der Waals surface area contributed by atoms with E-state index in [4.69, 9.17) is 4.74 Å². The van der Waals surface area contributed by atoms with Crippen LogP contribution in [0.15, 0.2) is 0 Å². The maximum absolute atomic E-state index is 11.6. The summed E-state index contributed by atoms with van der Waals surface area (Å²) in [5.41, 5.74) is -0.774. The van der Waals surface area contributed by atoms with Crippen LogP contribution in [-0.2, 0) is 14.3 Å². The number of nitrogens with one attached hydrogen (secondary N) is 2. The van der Waals surface area contributed by atoms with Crippen molar-refractivity contribution in [2.75, 3.05) is 26.2 Å². The molecule has 0 spiro atoms. The number of aliphatic hydroxyl groups is 1. The first-order valence-corrected chi connectivity index (χ1v) is 7.87. The summed E-state index contributed by atoms with van der Waals surface area (Å²) in [6.45, 7) is 5.74. The molecule has 0 aliphatic heterocycles. The lowest BCUT2D eigenvalue weighted by Gasteiger charge is -2.35.